The van der Waals surface area contributed by atoms with Crippen molar-refractivity contribution in [2.75, 3.05) is 21.2 Å². The van der Waals surface area contributed by atoms with E-state index in [-0.39, 0.29) is 0 Å². The maximum Gasteiger partial charge on any atom is 0.274 e. The molecule has 0 amide bonds. The third-order valence-electron chi connectivity index (χ3n) is 2.32. The highest BCUT2D eigenvalue weighted by Gasteiger charge is 2.08. The maximum atomic E-state index is 10.4. The van der Waals surface area contributed by atoms with E-state index in [1.54, 1.807) is 38.4 Å². The molecule has 0 saturated heterocycles. The van der Waals surface area contributed by atoms with Crippen molar-refractivity contribution in [2.45, 2.75) is 6.54 Å². The molecule has 0 aromatic carbocycles. The molecular formula is C11H16N4O3. The van der Waals surface area contributed by atoms with Crippen LogP contribution >= 0.6 is 0 Å². The normalized spacial score (nSPS) is 10.9. The first-order valence-corrected chi connectivity index (χ1v) is 5.30. The second-order valence-electron chi connectivity index (χ2n) is 3.61. The Labute approximate surface area is 105 Å². The third-order valence-corrected chi connectivity index (χ3v) is 2.32. The summed E-state index contributed by atoms with van der Waals surface area (Å²) in [6.45, 7) is 0.511. The number of nitrogens with zero attached hydrogens (tertiary/aromatic N) is 3. The van der Waals surface area contributed by atoms with E-state index in [1.807, 2.05) is 6.07 Å². The number of nitrogens with one attached hydrogen (secondary N) is 1. The van der Waals surface area contributed by atoms with Gasteiger partial charge in [-0.2, -0.15) is 0 Å². The number of pyridine rings is 1. The van der Waals surface area contributed by atoms with Crippen molar-refractivity contribution < 1.29 is 9.66 Å². The molecular weight excluding hydrogens is 236 g/mol. The average Bonchev–Trinajstić information content (AvgIpc) is 2.36. The van der Waals surface area contributed by atoms with Gasteiger partial charge in [0.15, 0.2) is 5.82 Å². The van der Waals surface area contributed by atoms with Crippen LogP contribution in [-0.4, -0.2) is 36.0 Å². The lowest BCUT2D eigenvalue weighted by atomic mass is 10.2. The molecule has 0 spiro atoms. The largest absolute Gasteiger partial charge is 0.481 e. The SMILES string of the molecule is CNC(=C[N+](=O)[O-])N(C)Cc1ccc(OC)nc1. The molecule has 0 radical (unpaired) electrons. The van der Waals surface area contributed by atoms with Crippen LogP contribution in [0.5, 0.6) is 5.88 Å². The summed E-state index contributed by atoms with van der Waals surface area (Å²) in [6, 6.07) is 3.61. The summed E-state index contributed by atoms with van der Waals surface area (Å²) in [4.78, 5) is 15.8. The Morgan fingerprint density at radius 1 is 1.67 bits per heavy atom. The summed E-state index contributed by atoms with van der Waals surface area (Å²) >= 11 is 0. The smallest absolute Gasteiger partial charge is 0.274 e. The van der Waals surface area contributed by atoms with E-state index in [2.05, 4.69) is 10.3 Å². The molecule has 0 atom stereocenters. The van der Waals surface area contributed by atoms with Crippen LogP contribution in [0.15, 0.2) is 30.4 Å². The van der Waals surface area contributed by atoms with Crippen molar-refractivity contribution in [2.24, 2.45) is 0 Å². The molecule has 0 aliphatic carbocycles. The predicted octanol–water partition coefficient (Wildman–Crippen LogP) is 0.817. The topological polar surface area (TPSA) is 80.5 Å². The molecule has 0 saturated carbocycles. The fourth-order valence-corrected chi connectivity index (χ4v) is 1.44. The highest BCUT2D eigenvalue weighted by atomic mass is 16.6. The lowest BCUT2D eigenvalue weighted by Gasteiger charge is -2.20. The van der Waals surface area contributed by atoms with Crippen LogP contribution < -0.4 is 10.1 Å². The third kappa shape index (κ3) is 3.93. The van der Waals surface area contributed by atoms with E-state index in [0.717, 1.165) is 11.8 Å². The van der Waals surface area contributed by atoms with Gasteiger partial charge in [0.2, 0.25) is 5.88 Å². The summed E-state index contributed by atoms with van der Waals surface area (Å²) < 4.78 is 4.96. The van der Waals surface area contributed by atoms with Crippen molar-refractivity contribution in [3.63, 3.8) is 0 Å². The van der Waals surface area contributed by atoms with Gasteiger partial charge in [0.1, 0.15) is 0 Å². The number of rotatable bonds is 6. The molecule has 7 nitrogen and oxygen atoms in total. The zero-order valence-electron chi connectivity index (χ0n) is 10.6. The number of ether oxygens (including phenoxy) is 1. The van der Waals surface area contributed by atoms with Gasteiger partial charge in [-0.15, -0.1) is 0 Å². The summed E-state index contributed by atoms with van der Waals surface area (Å²) in [5, 5.41) is 13.2. The van der Waals surface area contributed by atoms with E-state index in [4.69, 9.17) is 4.74 Å². The van der Waals surface area contributed by atoms with Crippen LogP contribution in [0.25, 0.3) is 0 Å². The quantitative estimate of drug-likeness (QED) is 0.596. The molecule has 1 N–H and O–H groups in total. The van der Waals surface area contributed by atoms with Crippen molar-refractivity contribution in [3.05, 3.63) is 46.0 Å². The average molecular weight is 252 g/mol. The number of nitro groups is 1. The second kappa shape index (κ2) is 6.43. The molecule has 0 aliphatic rings. The van der Waals surface area contributed by atoms with Crippen molar-refractivity contribution in [1.82, 2.24) is 15.2 Å². The van der Waals surface area contributed by atoms with E-state index in [0.29, 0.717) is 18.2 Å². The Hall–Kier alpha value is -2.31. The van der Waals surface area contributed by atoms with E-state index in [1.165, 1.54) is 0 Å². The van der Waals surface area contributed by atoms with Crippen LogP contribution in [0.2, 0.25) is 0 Å². The summed E-state index contributed by atoms with van der Waals surface area (Å²) in [5.74, 6) is 0.965. The monoisotopic (exact) mass is 252 g/mol. The fourth-order valence-electron chi connectivity index (χ4n) is 1.44. The molecule has 98 valence electrons. The number of hydrogen-bond acceptors (Lipinski definition) is 6. The van der Waals surface area contributed by atoms with Crippen LogP contribution in [0.1, 0.15) is 5.56 Å². The number of methoxy groups -OCH3 is 1. The van der Waals surface area contributed by atoms with Crippen molar-refractivity contribution in [3.8, 4) is 5.88 Å². The van der Waals surface area contributed by atoms with Gasteiger partial charge < -0.3 is 15.0 Å². The molecule has 1 aromatic rings. The molecule has 1 heterocycles. The Bertz CT molecular complexity index is 430. The molecule has 0 fully saturated rings. The lowest BCUT2D eigenvalue weighted by Crippen LogP contribution is -2.26. The van der Waals surface area contributed by atoms with Crippen LogP contribution in [-0.2, 0) is 6.54 Å². The molecule has 18 heavy (non-hydrogen) atoms. The molecule has 0 unspecified atom stereocenters. The van der Waals surface area contributed by atoms with Gasteiger partial charge in [0.25, 0.3) is 6.20 Å². The van der Waals surface area contributed by atoms with Gasteiger partial charge in [-0.3, -0.25) is 10.1 Å². The Kier molecular flexibility index (Phi) is 4.91. The maximum absolute atomic E-state index is 10.4. The summed E-state index contributed by atoms with van der Waals surface area (Å²) in [7, 11) is 4.95. The standard InChI is InChI=1S/C11H16N4O3/c1-12-10(8-15(16)17)14(2)7-9-4-5-11(18-3)13-6-9/h4-6,8,12H,7H2,1-3H3. The minimum absolute atomic E-state index is 0.427. The fraction of sp³-hybridized carbons (Fsp3) is 0.364. The summed E-state index contributed by atoms with van der Waals surface area (Å²) in [6.07, 6.45) is 2.60. The van der Waals surface area contributed by atoms with Gasteiger partial charge >= 0.3 is 0 Å². The molecule has 1 rings (SSSR count). The Morgan fingerprint density at radius 2 is 2.39 bits per heavy atom. The van der Waals surface area contributed by atoms with Gasteiger partial charge in [-0.1, -0.05) is 6.07 Å². The molecule has 0 aliphatic heterocycles. The van der Waals surface area contributed by atoms with E-state index in [9.17, 15) is 10.1 Å². The first kappa shape index (κ1) is 13.8. The molecule has 7 heteroatoms. The molecule has 0 bridgehead atoms. The zero-order chi connectivity index (χ0) is 13.5. The Balaban J connectivity index is 2.73. The van der Waals surface area contributed by atoms with Crippen molar-refractivity contribution >= 4 is 0 Å². The van der Waals surface area contributed by atoms with Crippen molar-refractivity contribution in [1.29, 1.82) is 0 Å². The van der Waals surface area contributed by atoms with Gasteiger partial charge in [-0.25, -0.2) is 4.98 Å². The zero-order valence-corrected chi connectivity index (χ0v) is 10.6. The van der Waals surface area contributed by atoms with Gasteiger partial charge in [0.05, 0.1) is 12.0 Å². The van der Waals surface area contributed by atoms with E-state index >= 15 is 0 Å². The van der Waals surface area contributed by atoms with Gasteiger partial charge in [-0.05, 0) is 5.56 Å². The minimum atomic E-state index is -0.491. The van der Waals surface area contributed by atoms with Gasteiger partial charge in [0, 0.05) is 32.9 Å². The first-order chi connectivity index (χ1) is 8.56. The van der Waals surface area contributed by atoms with Crippen LogP contribution in [0, 0.1) is 10.1 Å². The highest BCUT2D eigenvalue weighted by Crippen LogP contribution is 2.10. The highest BCUT2D eigenvalue weighted by molar-refractivity contribution is 5.18. The second-order valence-corrected chi connectivity index (χ2v) is 3.61. The lowest BCUT2D eigenvalue weighted by molar-refractivity contribution is -0.404. The van der Waals surface area contributed by atoms with Crippen LogP contribution in [0.3, 0.4) is 0 Å². The first-order valence-electron chi connectivity index (χ1n) is 5.30. The minimum Gasteiger partial charge on any atom is -0.481 e. The van der Waals surface area contributed by atoms with E-state index < -0.39 is 4.92 Å². The molecule has 1 aromatic heterocycles. The summed E-state index contributed by atoms with van der Waals surface area (Å²) in [5.41, 5.74) is 0.933. The predicted molar refractivity (Wildman–Crippen MR) is 66.4 cm³/mol. The Morgan fingerprint density at radius 3 is 2.83 bits per heavy atom. The van der Waals surface area contributed by atoms with Crippen LogP contribution in [0.4, 0.5) is 0 Å². The number of aromatic nitrogens is 1. The number of hydrogen-bond donors (Lipinski definition) is 1.